The molecule has 17 nitrogen and oxygen atoms in total. The van der Waals surface area contributed by atoms with Gasteiger partial charge in [-0.25, -0.2) is 9.13 Å². The highest BCUT2D eigenvalue weighted by atomic mass is 31.2. The van der Waals surface area contributed by atoms with Gasteiger partial charge >= 0.3 is 39.5 Å². The Morgan fingerprint density at radius 1 is 0.341 bits per heavy atom. The lowest BCUT2D eigenvalue weighted by Gasteiger charge is -2.21. The number of ether oxygens (including phenoxy) is 4. The molecule has 0 amide bonds. The molecule has 0 radical (unpaired) electrons. The summed E-state index contributed by atoms with van der Waals surface area (Å²) in [6.45, 7) is 7.13. The van der Waals surface area contributed by atoms with E-state index in [0.29, 0.717) is 25.7 Å². The van der Waals surface area contributed by atoms with Crippen LogP contribution in [-0.2, 0) is 65.4 Å². The van der Waals surface area contributed by atoms with E-state index < -0.39 is 97.5 Å². The summed E-state index contributed by atoms with van der Waals surface area (Å²) < 4.78 is 67.8. The molecule has 0 bridgehead atoms. The largest absolute Gasteiger partial charge is 0.472 e. The van der Waals surface area contributed by atoms with E-state index in [1.54, 1.807) is 0 Å². The van der Waals surface area contributed by atoms with Crippen molar-refractivity contribution in [2.75, 3.05) is 39.6 Å². The second kappa shape index (κ2) is 56.8. The number of phosphoric ester groups is 2. The van der Waals surface area contributed by atoms with Crippen LogP contribution in [0, 0.1) is 5.92 Å². The highest BCUT2D eigenvalue weighted by Crippen LogP contribution is 2.45. The number of hydrogen-bond acceptors (Lipinski definition) is 15. The van der Waals surface area contributed by atoms with Crippen LogP contribution >= 0.6 is 15.6 Å². The lowest BCUT2D eigenvalue weighted by molar-refractivity contribution is -0.161. The molecular weight excluding hydrogens is 1090 g/mol. The van der Waals surface area contributed by atoms with E-state index in [0.717, 1.165) is 121 Å². The standard InChI is InChI=1S/C63H122O17P2/c1-6-10-13-16-19-20-21-22-23-24-28-33-37-42-47-61(66)74-53-59(80-63(68)49-44-39-34-29-26-25-27-32-35-40-45-56(5)9-4)55-78-82(71,72)76-51-57(64)50-75-81(69,70)77-54-58(79-62(67)48-43-38-31-18-15-12-8-3)52-73-60(65)46-41-36-30-17-14-11-7-2/h56-59,64H,6-55H2,1-5H3,(H,69,70)(H,71,72)/t56?,57-,58+,59+/m0/s1. The van der Waals surface area contributed by atoms with Gasteiger partial charge in [0.2, 0.25) is 0 Å². The van der Waals surface area contributed by atoms with Crippen LogP contribution in [0.3, 0.4) is 0 Å². The molecule has 0 aliphatic rings. The first-order valence-electron chi connectivity index (χ1n) is 33.2. The summed E-state index contributed by atoms with van der Waals surface area (Å²) in [6.07, 6.45) is 40.5. The molecule has 0 aromatic rings. The summed E-state index contributed by atoms with van der Waals surface area (Å²) in [5.74, 6) is -1.34. The minimum absolute atomic E-state index is 0.103. The van der Waals surface area contributed by atoms with E-state index in [-0.39, 0.29) is 25.7 Å². The van der Waals surface area contributed by atoms with E-state index in [2.05, 4.69) is 34.6 Å². The zero-order valence-corrected chi connectivity index (χ0v) is 54.4. The normalized spacial score (nSPS) is 14.6. The molecule has 0 saturated heterocycles. The molecule has 19 heteroatoms. The first-order valence-corrected chi connectivity index (χ1v) is 36.2. The third kappa shape index (κ3) is 55.9. The summed E-state index contributed by atoms with van der Waals surface area (Å²) in [5.41, 5.74) is 0. The summed E-state index contributed by atoms with van der Waals surface area (Å²) in [6, 6.07) is 0. The van der Waals surface area contributed by atoms with Gasteiger partial charge in [-0.2, -0.15) is 0 Å². The number of unbranched alkanes of at least 4 members (excludes halogenated alkanes) is 34. The van der Waals surface area contributed by atoms with E-state index in [9.17, 15) is 43.2 Å². The number of esters is 4. The maximum absolute atomic E-state index is 13.0. The molecule has 6 atom stereocenters. The van der Waals surface area contributed by atoms with Gasteiger partial charge in [0.25, 0.3) is 0 Å². The number of rotatable bonds is 63. The maximum Gasteiger partial charge on any atom is 0.472 e. The number of carbonyl (C=O) groups is 4. The van der Waals surface area contributed by atoms with Gasteiger partial charge in [0.1, 0.15) is 19.3 Å². The Morgan fingerprint density at radius 2 is 0.585 bits per heavy atom. The monoisotopic (exact) mass is 1210 g/mol. The molecule has 3 unspecified atom stereocenters. The Kier molecular flexibility index (Phi) is 55.5. The number of aliphatic hydroxyl groups is 1. The summed E-state index contributed by atoms with van der Waals surface area (Å²) in [5, 5.41) is 10.5. The van der Waals surface area contributed by atoms with Gasteiger partial charge in [-0.3, -0.25) is 37.3 Å². The maximum atomic E-state index is 13.0. The summed E-state index contributed by atoms with van der Waals surface area (Å²) >= 11 is 0. The second-order valence-electron chi connectivity index (χ2n) is 23.0. The third-order valence-corrected chi connectivity index (χ3v) is 16.8. The van der Waals surface area contributed by atoms with E-state index in [4.69, 9.17) is 37.0 Å². The minimum atomic E-state index is -4.94. The Hall–Kier alpha value is -1.94. The highest BCUT2D eigenvalue weighted by molar-refractivity contribution is 7.47. The Morgan fingerprint density at radius 3 is 0.866 bits per heavy atom. The fourth-order valence-corrected chi connectivity index (χ4v) is 11.0. The number of hydrogen-bond donors (Lipinski definition) is 3. The van der Waals surface area contributed by atoms with Crippen molar-refractivity contribution in [2.45, 2.75) is 335 Å². The number of carbonyl (C=O) groups excluding carboxylic acids is 4. The van der Waals surface area contributed by atoms with Crippen molar-refractivity contribution in [2.24, 2.45) is 5.92 Å². The molecule has 0 fully saturated rings. The minimum Gasteiger partial charge on any atom is -0.462 e. The average molecular weight is 1210 g/mol. The molecule has 0 heterocycles. The van der Waals surface area contributed by atoms with Crippen LogP contribution in [0.2, 0.25) is 0 Å². The van der Waals surface area contributed by atoms with Gasteiger partial charge in [0.05, 0.1) is 26.4 Å². The summed E-state index contributed by atoms with van der Waals surface area (Å²) in [4.78, 5) is 71.9. The highest BCUT2D eigenvalue weighted by Gasteiger charge is 2.30. The fourth-order valence-electron chi connectivity index (χ4n) is 9.37. The van der Waals surface area contributed by atoms with E-state index in [1.807, 2.05) is 0 Å². The molecule has 0 aromatic heterocycles. The lowest BCUT2D eigenvalue weighted by atomic mass is 9.99. The SMILES string of the molecule is CCCCCCCCCCCCCCCCC(=O)OC[C@H](COP(=O)(O)OC[C@@H](O)COP(=O)(O)OC[C@@H](COC(=O)CCCCCCCCC)OC(=O)CCCCCCCCC)OC(=O)CCCCCCCCCCCCC(C)CC. The molecular formula is C63H122O17P2. The van der Waals surface area contributed by atoms with Crippen molar-refractivity contribution in [3.05, 3.63) is 0 Å². The molecule has 0 rings (SSSR count). The molecule has 486 valence electrons. The van der Waals surface area contributed by atoms with Crippen molar-refractivity contribution in [3.8, 4) is 0 Å². The van der Waals surface area contributed by atoms with Crippen LogP contribution in [0.15, 0.2) is 0 Å². The first-order chi connectivity index (χ1) is 39.6. The molecule has 0 spiro atoms. The molecule has 0 saturated carbocycles. The molecule has 0 aliphatic heterocycles. The van der Waals surface area contributed by atoms with Crippen molar-refractivity contribution in [3.63, 3.8) is 0 Å². The smallest absolute Gasteiger partial charge is 0.462 e. The van der Waals surface area contributed by atoms with Crippen LogP contribution in [-0.4, -0.2) is 96.7 Å². The molecule has 0 aromatic carbocycles. The third-order valence-electron chi connectivity index (χ3n) is 14.9. The van der Waals surface area contributed by atoms with E-state index >= 15 is 0 Å². The topological polar surface area (TPSA) is 237 Å². The van der Waals surface area contributed by atoms with Gasteiger partial charge in [-0.05, 0) is 31.6 Å². The fraction of sp³-hybridized carbons (Fsp3) is 0.937. The first kappa shape index (κ1) is 80.1. The quantitative estimate of drug-likeness (QED) is 0.0222. The zero-order valence-electron chi connectivity index (χ0n) is 52.6. The van der Waals surface area contributed by atoms with Crippen molar-refractivity contribution in [1.29, 1.82) is 0 Å². The second-order valence-corrected chi connectivity index (χ2v) is 25.9. The van der Waals surface area contributed by atoms with Crippen LogP contribution in [0.4, 0.5) is 0 Å². The summed E-state index contributed by atoms with van der Waals surface area (Å²) in [7, 11) is -9.87. The number of phosphoric acid groups is 2. The van der Waals surface area contributed by atoms with Crippen molar-refractivity contribution in [1.82, 2.24) is 0 Å². The van der Waals surface area contributed by atoms with Crippen LogP contribution in [0.5, 0.6) is 0 Å². The van der Waals surface area contributed by atoms with Gasteiger partial charge in [-0.15, -0.1) is 0 Å². The zero-order chi connectivity index (χ0) is 60.6. The molecule has 3 N–H and O–H groups in total. The van der Waals surface area contributed by atoms with Crippen LogP contribution in [0.25, 0.3) is 0 Å². The van der Waals surface area contributed by atoms with Crippen molar-refractivity contribution >= 4 is 39.5 Å². The van der Waals surface area contributed by atoms with Crippen LogP contribution in [0.1, 0.15) is 317 Å². The average Bonchev–Trinajstić information content (AvgIpc) is 3.47. The van der Waals surface area contributed by atoms with Crippen LogP contribution < -0.4 is 0 Å². The Labute approximate surface area is 498 Å². The van der Waals surface area contributed by atoms with E-state index in [1.165, 1.54) is 116 Å². The van der Waals surface area contributed by atoms with Gasteiger partial charge in [0.15, 0.2) is 12.2 Å². The van der Waals surface area contributed by atoms with Gasteiger partial charge in [0, 0.05) is 25.7 Å². The predicted molar refractivity (Wildman–Crippen MR) is 326 cm³/mol. The number of aliphatic hydroxyl groups excluding tert-OH is 1. The lowest BCUT2D eigenvalue weighted by Crippen LogP contribution is -2.30. The Bertz CT molecular complexity index is 1600. The predicted octanol–water partition coefficient (Wildman–Crippen LogP) is 17.4. The Balaban J connectivity index is 5.18. The van der Waals surface area contributed by atoms with Gasteiger partial charge in [-0.1, -0.05) is 266 Å². The van der Waals surface area contributed by atoms with Crippen molar-refractivity contribution < 1.29 is 80.2 Å². The molecule has 0 aliphatic carbocycles. The molecule has 82 heavy (non-hydrogen) atoms. The van der Waals surface area contributed by atoms with Gasteiger partial charge < -0.3 is 33.8 Å².